The Morgan fingerprint density at radius 3 is 2.95 bits per heavy atom. The van der Waals surface area contributed by atoms with Gasteiger partial charge < -0.3 is 15.0 Å². The molecule has 2 aromatic rings. The molecule has 0 saturated carbocycles. The van der Waals surface area contributed by atoms with Crippen molar-refractivity contribution in [3.63, 3.8) is 0 Å². The van der Waals surface area contributed by atoms with E-state index in [1.54, 1.807) is 0 Å². The molecule has 2 atom stereocenters. The normalized spacial score (nSPS) is 19.4. The smallest absolute Gasteiger partial charge is 0.165 e. The van der Waals surface area contributed by atoms with Gasteiger partial charge in [-0.15, -0.1) is 0 Å². The summed E-state index contributed by atoms with van der Waals surface area (Å²) in [4.78, 5) is 12.7. The molecule has 1 fully saturated rings. The maximum Gasteiger partial charge on any atom is 0.165 e. The average Bonchev–Trinajstić information content (AvgIpc) is 3.19. The highest BCUT2D eigenvalue weighted by Gasteiger charge is 2.34. The summed E-state index contributed by atoms with van der Waals surface area (Å²) >= 11 is 0. The number of ether oxygens (including phenoxy) is 1. The minimum atomic E-state index is 0.296. The monoisotopic (exact) mass is 275 g/mol. The van der Waals surface area contributed by atoms with Crippen LogP contribution in [0.1, 0.15) is 45.1 Å². The van der Waals surface area contributed by atoms with E-state index >= 15 is 0 Å². The van der Waals surface area contributed by atoms with E-state index in [0.29, 0.717) is 23.5 Å². The summed E-state index contributed by atoms with van der Waals surface area (Å²) in [6.07, 6.45) is 9.73. The molecule has 3 heterocycles. The molecule has 0 spiro atoms. The van der Waals surface area contributed by atoms with E-state index in [1.165, 1.54) is 32.0 Å². The first-order valence-electron chi connectivity index (χ1n) is 7.36. The van der Waals surface area contributed by atoms with Crippen molar-refractivity contribution in [1.29, 1.82) is 0 Å². The van der Waals surface area contributed by atoms with E-state index in [4.69, 9.17) is 10.5 Å². The summed E-state index contributed by atoms with van der Waals surface area (Å²) in [6, 6.07) is 0.311. The molecule has 0 bridgehead atoms. The second-order valence-electron chi connectivity index (χ2n) is 5.37. The lowest BCUT2D eigenvalue weighted by atomic mass is 10.0. The Labute approximate surface area is 118 Å². The van der Waals surface area contributed by atoms with E-state index < -0.39 is 0 Å². The summed E-state index contributed by atoms with van der Waals surface area (Å²) in [5.41, 5.74) is 7.34. The van der Waals surface area contributed by atoms with Crippen LogP contribution < -0.4 is 5.73 Å². The zero-order valence-corrected chi connectivity index (χ0v) is 11.8. The molecule has 2 N–H and O–H groups in total. The van der Waals surface area contributed by atoms with Crippen molar-refractivity contribution in [1.82, 2.24) is 19.5 Å². The van der Waals surface area contributed by atoms with Gasteiger partial charge in [-0.3, -0.25) is 0 Å². The van der Waals surface area contributed by atoms with Crippen LogP contribution in [0.4, 0.5) is 5.82 Å². The number of epoxide rings is 1. The molecule has 1 aliphatic rings. The zero-order valence-electron chi connectivity index (χ0n) is 11.8. The lowest BCUT2D eigenvalue weighted by Crippen LogP contribution is -2.15. The summed E-state index contributed by atoms with van der Waals surface area (Å²) in [5.74, 6) is 0.440. The Balaban J connectivity index is 1.80. The van der Waals surface area contributed by atoms with E-state index in [9.17, 15) is 0 Å². The molecule has 108 valence electrons. The third-order valence-electron chi connectivity index (χ3n) is 3.89. The van der Waals surface area contributed by atoms with Gasteiger partial charge in [0.25, 0.3) is 0 Å². The number of imidazole rings is 1. The Morgan fingerprint density at radius 1 is 1.35 bits per heavy atom. The first-order chi connectivity index (χ1) is 9.81. The number of unbranched alkanes of at least 4 members (excludes halogenated alkanes) is 3. The first kappa shape index (κ1) is 13.3. The SMILES string of the molecule is CCCCCC[C@H]([C@@H]1CO1)n1cnc2c(N)ncnc21. The fraction of sp³-hybridized carbons (Fsp3) is 0.643. The fourth-order valence-electron chi connectivity index (χ4n) is 2.67. The lowest BCUT2D eigenvalue weighted by Gasteiger charge is -2.16. The number of rotatable bonds is 7. The van der Waals surface area contributed by atoms with Crippen LogP contribution >= 0.6 is 0 Å². The minimum Gasteiger partial charge on any atom is -0.382 e. The van der Waals surface area contributed by atoms with Crippen LogP contribution in [0.3, 0.4) is 0 Å². The fourth-order valence-corrected chi connectivity index (χ4v) is 2.67. The van der Waals surface area contributed by atoms with Crippen molar-refractivity contribution in [2.45, 2.75) is 51.2 Å². The summed E-state index contributed by atoms with van der Waals surface area (Å²) in [6.45, 7) is 3.06. The molecule has 2 aromatic heterocycles. The largest absolute Gasteiger partial charge is 0.382 e. The lowest BCUT2D eigenvalue weighted by molar-refractivity contribution is 0.310. The number of hydrogen-bond acceptors (Lipinski definition) is 5. The highest BCUT2D eigenvalue weighted by atomic mass is 16.6. The van der Waals surface area contributed by atoms with Gasteiger partial charge in [0.2, 0.25) is 0 Å². The first-order valence-corrected chi connectivity index (χ1v) is 7.36. The molecule has 1 aliphatic heterocycles. The van der Waals surface area contributed by atoms with Crippen LogP contribution in [-0.4, -0.2) is 32.2 Å². The van der Waals surface area contributed by atoms with E-state index in [0.717, 1.165) is 18.7 Å². The summed E-state index contributed by atoms with van der Waals surface area (Å²) < 4.78 is 7.62. The number of nitrogen functional groups attached to an aromatic ring is 1. The molecule has 6 heteroatoms. The van der Waals surface area contributed by atoms with Crippen molar-refractivity contribution in [2.75, 3.05) is 12.3 Å². The van der Waals surface area contributed by atoms with Crippen molar-refractivity contribution < 1.29 is 4.74 Å². The molecule has 0 aliphatic carbocycles. The van der Waals surface area contributed by atoms with Gasteiger partial charge in [0.15, 0.2) is 11.5 Å². The minimum absolute atomic E-state index is 0.296. The van der Waals surface area contributed by atoms with Crippen LogP contribution in [0.25, 0.3) is 11.2 Å². The Hall–Kier alpha value is -1.69. The van der Waals surface area contributed by atoms with Crippen molar-refractivity contribution in [3.05, 3.63) is 12.7 Å². The standard InChI is InChI=1S/C14H21N5O/c1-2-3-4-5-6-10(11-7-20-11)19-9-18-12-13(15)16-8-17-14(12)19/h8-11H,2-7H2,1H3,(H2,15,16,17)/t10-,11+/m1/s1. The van der Waals surface area contributed by atoms with E-state index in [2.05, 4.69) is 26.4 Å². The van der Waals surface area contributed by atoms with Gasteiger partial charge in [-0.2, -0.15) is 0 Å². The maximum absolute atomic E-state index is 5.84. The molecule has 0 amide bonds. The maximum atomic E-state index is 5.84. The van der Waals surface area contributed by atoms with Gasteiger partial charge in [-0.05, 0) is 6.42 Å². The number of nitrogens with two attached hydrogens (primary N) is 1. The van der Waals surface area contributed by atoms with Crippen LogP contribution in [0.2, 0.25) is 0 Å². The quantitative estimate of drug-likeness (QED) is 0.619. The van der Waals surface area contributed by atoms with Crippen LogP contribution in [0.15, 0.2) is 12.7 Å². The highest BCUT2D eigenvalue weighted by molar-refractivity contribution is 5.81. The predicted molar refractivity (Wildman–Crippen MR) is 77.3 cm³/mol. The molecule has 3 rings (SSSR count). The van der Waals surface area contributed by atoms with Crippen molar-refractivity contribution >= 4 is 17.0 Å². The summed E-state index contributed by atoms with van der Waals surface area (Å²) in [5, 5.41) is 0. The van der Waals surface area contributed by atoms with Gasteiger partial charge in [0.1, 0.15) is 17.9 Å². The number of fused-ring (bicyclic) bond motifs is 1. The van der Waals surface area contributed by atoms with Crippen molar-refractivity contribution in [2.24, 2.45) is 0 Å². The van der Waals surface area contributed by atoms with E-state index in [1.807, 2.05) is 6.33 Å². The third-order valence-corrected chi connectivity index (χ3v) is 3.89. The van der Waals surface area contributed by atoms with Crippen LogP contribution in [0.5, 0.6) is 0 Å². The molecular weight excluding hydrogens is 254 g/mol. The zero-order chi connectivity index (χ0) is 13.9. The third kappa shape index (κ3) is 2.60. The number of aromatic nitrogens is 4. The molecular formula is C14H21N5O. The molecule has 0 radical (unpaired) electrons. The molecule has 0 aromatic carbocycles. The highest BCUT2D eigenvalue weighted by Crippen LogP contribution is 2.32. The van der Waals surface area contributed by atoms with Crippen LogP contribution in [-0.2, 0) is 4.74 Å². The van der Waals surface area contributed by atoms with Gasteiger partial charge in [-0.25, -0.2) is 15.0 Å². The average molecular weight is 275 g/mol. The molecule has 6 nitrogen and oxygen atoms in total. The molecule has 0 unspecified atom stereocenters. The van der Waals surface area contributed by atoms with Gasteiger partial charge >= 0.3 is 0 Å². The topological polar surface area (TPSA) is 82.2 Å². The predicted octanol–water partition coefficient (Wildman–Crippen LogP) is 2.32. The molecule has 20 heavy (non-hydrogen) atoms. The number of nitrogens with zero attached hydrogens (tertiary/aromatic N) is 4. The second kappa shape index (κ2) is 5.75. The Morgan fingerprint density at radius 2 is 2.20 bits per heavy atom. The van der Waals surface area contributed by atoms with Gasteiger partial charge in [-0.1, -0.05) is 32.6 Å². The number of hydrogen-bond donors (Lipinski definition) is 1. The number of anilines is 1. The van der Waals surface area contributed by atoms with Crippen LogP contribution in [0, 0.1) is 0 Å². The molecule has 1 saturated heterocycles. The Kier molecular flexibility index (Phi) is 3.82. The van der Waals surface area contributed by atoms with Gasteiger partial charge in [0, 0.05) is 0 Å². The Bertz CT molecular complexity index is 578. The van der Waals surface area contributed by atoms with Crippen molar-refractivity contribution in [3.8, 4) is 0 Å². The summed E-state index contributed by atoms with van der Waals surface area (Å²) in [7, 11) is 0. The van der Waals surface area contributed by atoms with E-state index in [-0.39, 0.29) is 0 Å². The van der Waals surface area contributed by atoms with Gasteiger partial charge in [0.05, 0.1) is 19.0 Å². The second-order valence-corrected chi connectivity index (χ2v) is 5.37.